The first-order chi connectivity index (χ1) is 15.7. The average Bonchev–Trinajstić information content (AvgIpc) is 3.04. The topological polar surface area (TPSA) is 84.9 Å². The number of benzene rings is 2. The van der Waals surface area contributed by atoms with E-state index >= 15 is 0 Å². The molecule has 0 spiro atoms. The number of anilines is 1. The van der Waals surface area contributed by atoms with Gasteiger partial charge in [0.2, 0.25) is 5.91 Å². The third kappa shape index (κ3) is 6.21. The normalized spacial score (nSPS) is 15.7. The van der Waals surface area contributed by atoms with Crippen LogP contribution in [0.25, 0.3) is 6.08 Å². The van der Waals surface area contributed by atoms with Gasteiger partial charge < -0.3 is 14.8 Å². The second kappa shape index (κ2) is 11.3. The zero-order valence-electron chi connectivity index (χ0n) is 18.2. The van der Waals surface area contributed by atoms with Gasteiger partial charge in [0, 0.05) is 0 Å². The Balaban J connectivity index is 1.77. The Morgan fingerprint density at radius 1 is 1.30 bits per heavy atom. The molecule has 1 heterocycles. The first kappa shape index (κ1) is 25.4. The summed E-state index contributed by atoms with van der Waals surface area (Å²) in [5.41, 5.74) is 1.09. The highest BCUT2D eigenvalue weighted by Crippen LogP contribution is 2.38. The molecule has 10 heteroatoms. The number of carbonyl (C=O) groups excluding carboxylic acids is 3. The Labute approximate surface area is 215 Å². The van der Waals surface area contributed by atoms with Crippen LogP contribution in [0.15, 0.2) is 41.3 Å². The molecule has 2 aromatic rings. The molecule has 1 atom stereocenters. The number of ether oxygens (including phenoxy) is 2. The summed E-state index contributed by atoms with van der Waals surface area (Å²) in [4.78, 5) is 38.7. The minimum absolute atomic E-state index is 0.0201. The van der Waals surface area contributed by atoms with Gasteiger partial charge in [0.05, 0.1) is 32.4 Å². The van der Waals surface area contributed by atoms with E-state index in [9.17, 15) is 14.4 Å². The zero-order chi connectivity index (χ0) is 24.1. The predicted molar refractivity (Wildman–Crippen MR) is 139 cm³/mol. The maximum Gasteiger partial charge on any atom is 0.294 e. The Hall–Kier alpha value is -2.24. The van der Waals surface area contributed by atoms with E-state index in [2.05, 4.69) is 27.9 Å². The molecule has 33 heavy (non-hydrogen) atoms. The number of carbonyl (C=O) groups is 3. The maximum absolute atomic E-state index is 12.8. The lowest BCUT2D eigenvalue weighted by molar-refractivity contribution is -0.127. The van der Waals surface area contributed by atoms with Gasteiger partial charge in [-0.05, 0) is 83.6 Å². The van der Waals surface area contributed by atoms with Crippen molar-refractivity contribution in [1.82, 2.24) is 4.90 Å². The molecule has 1 saturated heterocycles. The predicted octanol–water partition coefficient (Wildman–Crippen LogP) is 5.81. The third-order valence-electron chi connectivity index (χ3n) is 4.77. The standard InChI is InChI=1S/C23H22ClIN2O5S/c1-4-13(2)32-21-16(25)9-14(10-18(21)31-3)11-19-22(29)27(23(30)33-19)12-20(28)26-17-8-6-5-7-15(17)24/h5-11,13H,4,12H2,1-3H3,(H,26,28)/b19-11+/t13-/m0/s1. The Morgan fingerprint density at radius 3 is 2.70 bits per heavy atom. The highest BCUT2D eigenvalue weighted by atomic mass is 127. The highest BCUT2D eigenvalue weighted by molar-refractivity contribution is 14.1. The van der Waals surface area contributed by atoms with Gasteiger partial charge in [-0.25, -0.2) is 0 Å². The number of para-hydroxylation sites is 1. The first-order valence-electron chi connectivity index (χ1n) is 10.1. The van der Waals surface area contributed by atoms with Crippen LogP contribution in [0, 0.1) is 3.57 Å². The fourth-order valence-electron chi connectivity index (χ4n) is 2.91. The van der Waals surface area contributed by atoms with E-state index in [1.807, 2.05) is 19.9 Å². The number of thioether (sulfide) groups is 1. The molecule has 0 aromatic heterocycles. The molecule has 1 N–H and O–H groups in total. The van der Waals surface area contributed by atoms with Crippen LogP contribution in [0.5, 0.6) is 11.5 Å². The lowest BCUT2D eigenvalue weighted by atomic mass is 10.1. The van der Waals surface area contributed by atoms with Crippen LogP contribution in [0.1, 0.15) is 25.8 Å². The number of nitrogens with zero attached hydrogens (tertiary/aromatic N) is 1. The van der Waals surface area contributed by atoms with Crippen LogP contribution in [-0.2, 0) is 9.59 Å². The number of methoxy groups -OCH3 is 1. The van der Waals surface area contributed by atoms with E-state index in [4.69, 9.17) is 21.1 Å². The Bertz CT molecular complexity index is 1120. The van der Waals surface area contributed by atoms with Crippen LogP contribution < -0.4 is 14.8 Å². The summed E-state index contributed by atoms with van der Waals surface area (Å²) in [6.45, 7) is 3.60. The monoisotopic (exact) mass is 600 g/mol. The number of imide groups is 1. The van der Waals surface area contributed by atoms with E-state index in [0.29, 0.717) is 27.8 Å². The molecule has 0 saturated carbocycles. The average molecular weight is 601 g/mol. The summed E-state index contributed by atoms with van der Waals surface area (Å²) in [5.74, 6) is 0.114. The molecule has 0 unspecified atom stereocenters. The molecule has 1 aliphatic rings. The lowest BCUT2D eigenvalue weighted by Gasteiger charge is -2.17. The number of nitrogens with one attached hydrogen (secondary N) is 1. The summed E-state index contributed by atoms with van der Waals surface area (Å²) in [7, 11) is 1.55. The number of hydrogen-bond acceptors (Lipinski definition) is 6. The van der Waals surface area contributed by atoms with Crippen molar-refractivity contribution in [1.29, 1.82) is 0 Å². The van der Waals surface area contributed by atoms with Crippen molar-refractivity contribution in [2.24, 2.45) is 0 Å². The molecule has 2 aromatic carbocycles. The van der Waals surface area contributed by atoms with Crippen molar-refractivity contribution < 1.29 is 23.9 Å². The van der Waals surface area contributed by atoms with E-state index in [1.54, 1.807) is 43.5 Å². The molecular formula is C23H22ClIN2O5S. The van der Waals surface area contributed by atoms with Crippen molar-refractivity contribution in [3.05, 3.63) is 55.5 Å². The molecule has 1 fully saturated rings. The minimum Gasteiger partial charge on any atom is -0.493 e. The summed E-state index contributed by atoms with van der Waals surface area (Å²) >= 11 is 8.98. The van der Waals surface area contributed by atoms with Crippen molar-refractivity contribution in [2.75, 3.05) is 19.0 Å². The first-order valence-corrected chi connectivity index (χ1v) is 12.3. The highest BCUT2D eigenvalue weighted by Gasteiger charge is 2.36. The Morgan fingerprint density at radius 2 is 2.03 bits per heavy atom. The maximum atomic E-state index is 12.8. The SMILES string of the molecule is CC[C@H](C)Oc1c(I)cc(/C=C2/SC(=O)N(CC(=O)Nc3ccccc3Cl)C2=O)cc1OC. The van der Waals surface area contributed by atoms with E-state index in [0.717, 1.165) is 26.7 Å². The van der Waals surface area contributed by atoms with Crippen LogP contribution in [-0.4, -0.2) is 41.7 Å². The summed E-state index contributed by atoms with van der Waals surface area (Å²) in [6.07, 6.45) is 2.47. The van der Waals surface area contributed by atoms with Crippen molar-refractivity contribution in [3.8, 4) is 11.5 Å². The Kier molecular flexibility index (Phi) is 8.66. The molecule has 7 nitrogen and oxygen atoms in total. The molecule has 3 rings (SSSR count). The van der Waals surface area contributed by atoms with Crippen molar-refractivity contribution in [2.45, 2.75) is 26.4 Å². The van der Waals surface area contributed by atoms with Gasteiger partial charge in [-0.3, -0.25) is 19.3 Å². The number of rotatable bonds is 8. The molecule has 0 bridgehead atoms. The number of hydrogen-bond donors (Lipinski definition) is 1. The quantitative estimate of drug-likeness (QED) is 0.304. The van der Waals surface area contributed by atoms with Gasteiger partial charge >= 0.3 is 0 Å². The largest absolute Gasteiger partial charge is 0.493 e. The van der Waals surface area contributed by atoms with Gasteiger partial charge in [0.25, 0.3) is 11.1 Å². The van der Waals surface area contributed by atoms with Crippen LogP contribution in [0.2, 0.25) is 5.02 Å². The number of amides is 3. The third-order valence-corrected chi connectivity index (χ3v) is 6.81. The second-order valence-electron chi connectivity index (χ2n) is 7.17. The smallest absolute Gasteiger partial charge is 0.294 e. The summed E-state index contributed by atoms with van der Waals surface area (Å²) in [5, 5.41) is 2.46. The van der Waals surface area contributed by atoms with Gasteiger partial charge in [0.1, 0.15) is 6.54 Å². The minimum atomic E-state index is -0.534. The fourth-order valence-corrected chi connectivity index (χ4v) is 4.68. The molecular weight excluding hydrogens is 579 g/mol. The van der Waals surface area contributed by atoms with Crippen molar-refractivity contribution in [3.63, 3.8) is 0 Å². The van der Waals surface area contributed by atoms with Gasteiger partial charge in [-0.15, -0.1) is 0 Å². The van der Waals surface area contributed by atoms with E-state index < -0.39 is 23.6 Å². The lowest BCUT2D eigenvalue weighted by Crippen LogP contribution is -2.36. The molecule has 174 valence electrons. The number of halogens is 2. The van der Waals surface area contributed by atoms with E-state index in [-0.39, 0.29) is 11.0 Å². The molecule has 1 aliphatic heterocycles. The van der Waals surface area contributed by atoms with Crippen molar-refractivity contribution >= 4 is 74.8 Å². The second-order valence-corrected chi connectivity index (χ2v) is 9.73. The van der Waals surface area contributed by atoms with Gasteiger partial charge in [0.15, 0.2) is 11.5 Å². The van der Waals surface area contributed by atoms with Gasteiger partial charge in [-0.1, -0.05) is 30.7 Å². The summed E-state index contributed by atoms with van der Waals surface area (Å²) in [6, 6.07) is 10.3. The van der Waals surface area contributed by atoms with Crippen LogP contribution in [0.4, 0.5) is 10.5 Å². The van der Waals surface area contributed by atoms with E-state index in [1.165, 1.54) is 0 Å². The summed E-state index contributed by atoms with van der Waals surface area (Å²) < 4.78 is 12.2. The fraction of sp³-hybridized carbons (Fsp3) is 0.261. The van der Waals surface area contributed by atoms with Crippen LogP contribution in [0.3, 0.4) is 0 Å². The molecule has 3 amide bonds. The van der Waals surface area contributed by atoms with Gasteiger partial charge in [-0.2, -0.15) is 0 Å². The zero-order valence-corrected chi connectivity index (χ0v) is 21.9. The molecule has 0 radical (unpaired) electrons. The molecule has 0 aliphatic carbocycles. The van der Waals surface area contributed by atoms with Crippen LogP contribution >= 0.6 is 46.0 Å².